The third-order valence-corrected chi connectivity index (χ3v) is 3.07. The second-order valence-corrected chi connectivity index (χ2v) is 4.39. The Labute approximate surface area is 107 Å². The summed E-state index contributed by atoms with van der Waals surface area (Å²) in [4.78, 5) is 24.4. The van der Waals surface area contributed by atoms with E-state index in [1.165, 1.54) is 0 Å². The summed E-state index contributed by atoms with van der Waals surface area (Å²) < 4.78 is 5.07. The van der Waals surface area contributed by atoms with Gasteiger partial charge in [0.1, 0.15) is 0 Å². The molecule has 1 aliphatic rings. The van der Waals surface area contributed by atoms with Gasteiger partial charge in [0.2, 0.25) is 5.91 Å². The second kappa shape index (κ2) is 5.67. The van der Waals surface area contributed by atoms with Crippen LogP contribution in [0.4, 0.5) is 0 Å². The van der Waals surface area contributed by atoms with Gasteiger partial charge in [-0.3, -0.25) is 9.59 Å². The number of β-lactam (4-membered cyclic amide) rings is 1. The van der Waals surface area contributed by atoms with Crippen LogP contribution >= 0.6 is 0 Å². The maximum Gasteiger partial charge on any atom is 0.307 e. The zero-order valence-corrected chi connectivity index (χ0v) is 10.5. The van der Waals surface area contributed by atoms with Crippen LogP contribution in [-0.2, 0) is 14.3 Å². The molecule has 0 radical (unpaired) electrons. The highest BCUT2D eigenvalue weighted by molar-refractivity contribution is 5.83. The molecule has 0 spiro atoms. The van der Waals surface area contributed by atoms with E-state index < -0.39 is 0 Å². The van der Waals surface area contributed by atoms with Crippen LogP contribution in [0, 0.1) is 0 Å². The first-order valence-corrected chi connectivity index (χ1v) is 6.22. The molecular formula is C14H17NO3. The van der Waals surface area contributed by atoms with Gasteiger partial charge in [0.15, 0.2) is 6.73 Å². The summed E-state index contributed by atoms with van der Waals surface area (Å²) >= 11 is 0. The fourth-order valence-electron chi connectivity index (χ4n) is 2.01. The lowest BCUT2D eigenvalue weighted by Crippen LogP contribution is -2.47. The molecule has 4 nitrogen and oxygen atoms in total. The van der Waals surface area contributed by atoms with Crippen molar-refractivity contribution < 1.29 is 14.3 Å². The van der Waals surface area contributed by atoms with Gasteiger partial charge in [0.25, 0.3) is 0 Å². The third-order valence-electron chi connectivity index (χ3n) is 3.07. The summed E-state index contributed by atoms with van der Waals surface area (Å²) in [6, 6.07) is 9.85. The van der Waals surface area contributed by atoms with Crippen molar-refractivity contribution in [2.24, 2.45) is 0 Å². The average Bonchev–Trinajstić information content (AvgIpc) is 2.37. The van der Waals surface area contributed by atoms with Gasteiger partial charge in [-0.1, -0.05) is 37.3 Å². The first kappa shape index (κ1) is 12.6. The first-order valence-electron chi connectivity index (χ1n) is 6.22. The Kier molecular flexibility index (Phi) is 3.97. The van der Waals surface area contributed by atoms with E-state index in [1.807, 2.05) is 37.3 Å². The minimum atomic E-state index is -0.246. The zero-order chi connectivity index (χ0) is 13.0. The number of rotatable bonds is 5. The number of carbonyl (C=O) groups excluding carboxylic acids is 2. The van der Waals surface area contributed by atoms with Crippen molar-refractivity contribution in [3.63, 3.8) is 0 Å². The summed E-state index contributed by atoms with van der Waals surface area (Å²) in [7, 11) is 0. The summed E-state index contributed by atoms with van der Waals surface area (Å²) in [5.74, 6) is -0.211. The lowest BCUT2D eigenvalue weighted by atomic mass is 9.95. The van der Waals surface area contributed by atoms with Crippen molar-refractivity contribution in [2.45, 2.75) is 32.2 Å². The molecule has 4 heteroatoms. The first-order chi connectivity index (χ1) is 8.72. The predicted octanol–water partition coefficient (Wildman–Crippen LogP) is 2.26. The minimum absolute atomic E-state index is 0.0353. The molecule has 0 aliphatic carbocycles. The molecule has 0 unspecified atom stereocenters. The van der Waals surface area contributed by atoms with E-state index in [-0.39, 0.29) is 24.6 Å². The Morgan fingerprint density at radius 2 is 2.11 bits per heavy atom. The lowest BCUT2D eigenvalue weighted by molar-refractivity contribution is -0.164. The van der Waals surface area contributed by atoms with Crippen LogP contribution in [0.5, 0.6) is 0 Å². The van der Waals surface area contributed by atoms with Crippen LogP contribution in [0.3, 0.4) is 0 Å². The fourth-order valence-corrected chi connectivity index (χ4v) is 2.01. The zero-order valence-electron chi connectivity index (χ0n) is 10.5. The molecule has 1 aliphatic heterocycles. The predicted molar refractivity (Wildman–Crippen MR) is 66.5 cm³/mol. The summed E-state index contributed by atoms with van der Waals surface area (Å²) in [6.45, 7) is 1.99. The Morgan fingerprint density at radius 3 is 2.72 bits per heavy atom. The Hall–Kier alpha value is -1.84. The quantitative estimate of drug-likeness (QED) is 0.592. The SMILES string of the molecule is CCCC(=O)OCN1C(=O)C[C@@H]1c1ccccc1. The molecule has 1 aromatic rings. The van der Waals surface area contributed by atoms with Crippen molar-refractivity contribution in [3.8, 4) is 0 Å². The van der Waals surface area contributed by atoms with Crippen molar-refractivity contribution in [1.29, 1.82) is 0 Å². The molecule has 1 saturated heterocycles. The molecule has 0 saturated carbocycles. The van der Waals surface area contributed by atoms with Crippen LogP contribution in [0.15, 0.2) is 30.3 Å². The maximum atomic E-state index is 11.5. The van der Waals surface area contributed by atoms with Crippen molar-refractivity contribution in [3.05, 3.63) is 35.9 Å². The van der Waals surface area contributed by atoms with Crippen LogP contribution in [0.1, 0.15) is 37.8 Å². The number of nitrogens with zero attached hydrogens (tertiary/aromatic N) is 1. The summed E-state index contributed by atoms with van der Waals surface area (Å²) in [5, 5.41) is 0. The standard InChI is InChI=1S/C14H17NO3/c1-2-6-14(17)18-10-15-12(9-13(15)16)11-7-4-3-5-8-11/h3-5,7-8,12H,2,6,9-10H2,1H3/t12-/m1/s1. The number of benzene rings is 1. The molecule has 96 valence electrons. The fraction of sp³-hybridized carbons (Fsp3) is 0.429. The highest BCUT2D eigenvalue weighted by Gasteiger charge is 2.37. The van der Waals surface area contributed by atoms with Gasteiger partial charge in [-0.15, -0.1) is 0 Å². The van der Waals surface area contributed by atoms with E-state index in [0.29, 0.717) is 12.8 Å². The van der Waals surface area contributed by atoms with Gasteiger partial charge in [0, 0.05) is 6.42 Å². The van der Waals surface area contributed by atoms with Crippen molar-refractivity contribution in [1.82, 2.24) is 4.90 Å². The molecule has 18 heavy (non-hydrogen) atoms. The van der Waals surface area contributed by atoms with E-state index in [2.05, 4.69) is 0 Å². The lowest BCUT2D eigenvalue weighted by Gasteiger charge is -2.39. The second-order valence-electron chi connectivity index (χ2n) is 4.39. The van der Waals surface area contributed by atoms with Gasteiger partial charge in [-0.05, 0) is 12.0 Å². The molecule has 0 aromatic heterocycles. The smallest absolute Gasteiger partial charge is 0.307 e. The van der Waals surface area contributed by atoms with E-state index in [1.54, 1.807) is 4.90 Å². The van der Waals surface area contributed by atoms with Crippen LogP contribution in [-0.4, -0.2) is 23.5 Å². The molecule has 1 aromatic carbocycles. The molecule has 0 N–H and O–H groups in total. The number of esters is 1. The van der Waals surface area contributed by atoms with E-state index >= 15 is 0 Å². The van der Waals surface area contributed by atoms with Crippen LogP contribution < -0.4 is 0 Å². The monoisotopic (exact) mass is 247 g/mol. The molecular weight excluding hydrogens is 230 g/mol. The highest BCUT2D eigenvalue weighted by Crippen LogP contribution is 2.33. The molecule has 0 bridgehead atoms. The average molecular weight is 247 g/mol. The van der Waals surface area contributed by atoms with E-state index in [4.69, 9.17) is 4.74 Å². The number of likely N-dealkylation sites (tertiary alicyclic amines) is 1. The minimum Gasteiger partial charge on any atom is -0.444 e. The highest BCUT2D eigenvalue weighted by atomic mass is 16.5. The van der Waals surface area contributed by atoms with Crippen LogP contribution in [0.2, 0.25) is 0 Å². The number of amides is 1. The number of hydrogen-bond donors (Lipinski definition) is 0. The molecule has 1 amide bonds. The molecule has 1 atom stereocenters. The van der Waals surface area contributed by atoms with Gasteiger partial charge < -0.3 is 9.64 Å². The van der Waals surface area contributed by atoms with Gasteiger partial charge in [-0.25, -0.2) is 0 Å². The molecule has 2 rings (SSSR count). The van der Waals surface area contributed by atoms with Gasteiger partial charge >= 0.3 is 5.97 Å². The van der Waals surface area contributed by atoms with Gasteiger partial charge in [0.05, 0.1) is 12.5 Å². The number of ether oxygens (including phenoxy) is 1. The Balaban J connectivity index is 1.91. The normalized spacial score (nSPS) is 18.4. The summed E-state index contributed by atoms with van der Waals surface area (Å²) in [5.41, 5.74) is 1.09. The Morgan fingerprint density at radius 1 is 1.39 bits per heavy atom. The largest absolute Gasteiger partial charge is 0.444 e. The van der Waals surface area contributed by atoms with Gasteiger partial charge in [-0.2, -0.15) is 0 Å². The molecule has 1 fully saturated rings. The Bertz CT molecular complexity index is 430. The topological polar surface area (TPSA) is 46.6 Å². The van der Waals surface area contributed by atoms with Crippen molar-refractivity contribution in [2.75, 3.05) is 6.73 Å². The molecule has 1 heterocycles. The number of carbonyl (C=O) groups is 2. The van der Waals surface area contributed by atoms with E-state index in [0.717, 1.165) is 12.0 Å². The maximum absolute atomic E-state index is 11.5. The van der Waals surface area contributed by atoms with Crippen LogP contribution in [0.25, 0.3) is 0 Å². The summed E-state index contributed by atoms with van der Waals surface area (Å²) in [6.07, 6.45) is 1.66. The van der Waals surface area contributed by atoms with E-state index in [9.17, 15) is 9.59 Å². The third kappa shape index (κ3) is 2.70. The van der Waals surface area contributed by atoms with Crippen molar-refractivity contribution >= 4 is 11.9 Å². The number of hydrogen-bond acceptors (Lipinski definition) is 3.